The van der Waals surface area contributed by atoms with E-state index in [0.29, 0.717) is 5.15 Å². The summed E-state index contributed by atoms with van der Waals surface area (Å²) in [5.74, 6) is 0. The van der Waals surface area contributed by atoms with Crippen LogP contribution >= 0.6 is 22.9 Å². The van der Waals surface area contributed by atoms with E-state index in [1.807, 2.05) is 50.2 Å². The van der Waals surface area contributed by atoms with Gasteiger partial charge in [-0.3, -0.25) is 9.58 Å². The number of thiazole rings is 1. The Morgan fingerprint density at radius 3 is 2.48 bits per heavy atom. The number of hydrogen-bond donors (Lipinski definition) is 0. The quantitative estimate of drug-likeness (QED) is 0.827. The molecule has 1 saturated heterocycles. The second kappa shape index (κ2) is 11.6. The van der Waals surface area contributed by atoms with E-state index >= 15 is 0 Å². The third-order valence-corrected chi connectivity index (χ3v) is 4.32. The zero-order chi connectivity index (χ0) is 17.1. The third-order valence-electron chi connectivity index (χ3n) is 3.11. The lowest BCUT2D eigenvalue weighted by Gasteiger charge is -2.26. The Kier molecular flexibility index (Phi) is 10.1. The van der Waals surface area contributed by atoms with Crippen LogP contribution in [0, 0.1) is 0 Å². The van der Waals surface area contributed by atoms with Crippen molar-refractivity contribution in [3.63, 3.8) is 0 Å². The van der Waals surface area contributed by atoms with Crippen molar-refractivity contribution in [1.82, 2.24) is 19.7 Å². The SMILES string of the molecule is CC.CC.Clc1csc(-c2cnn(CCN3CCOCC3)c2)n1. The van der Waals surface area contributed by atoms with E-state index in [-0.39, 0.29) is 0 Å². The molecule has 0 N–H and O–H groups in total. The third kappa shape index (κ3) is 6.59. The lowest BCUT2D eigenvalue weighted by atomic mass is 10.4. The van der Waals surface area contributed by atoms with Crippen LogP contribution in [0.15, 0.2) is 17.8 Å². The van der Waals surface area contributed by atoms with Crippen LogP contribution in [0.3, 0.4) is 0 Å². The number of nitrogens with zero attached hydrogens (tertiary/aromatic N) is 4. The van der Waals surface area contributed by atoms with Gasteiger partial charge in [0.25, 0.3) is 0 Å². The highest BCUT2D eigenvalue weighted by Crippen LogP contribution is 2.25. The molecule has 5 nitrogen and oxygen atoms in total. The molecule has 0 amide bonds. The summed E-state index contributed by atoms with van der Waals surface area (Å²) in [6.45, 7) is 13.6. The molecule has 7 heteroatoms. The summed E-state index contributed by atoms with van der Waals surface area (Å²) in [7, 11) is 0. The summed E-state index contributed by atoms with van der Waals surface area (Å²) >= 11 is 7.37. The molecule has 1 aliphatic rings. The lowest BCUT2D eigenvalue weighted by molar-refractivity contribution is 0.0360. The molecule has 2 aromatic heterocycles. The van der Waals surface area contributed by atoms with E-state index < -0.39 is 0 Å². The number of ether oxygens (including phenoxy) is 1. The van der Waals surface area contributed by atoms with Crippen LogP contribution in [0.25, 0.3) is 10.6 Å². The summed E-state index contributed by atoms with van der Waals surface area (Å²) in [6.07, 6.45) is 3.87. The molecule has 0 radical (unpaired) electrons. The van der Waals surface area contributed by atoms with E-state index in [2.05, 4.69) is 15.0 Å². The molecule has 130 valence electrons. The predicted molar refractivity (Wildman–Crippen MR) is 98.3 cm³/mol. The molecule has 3 heterocycles. The van der Waals surface area contributed by atoms with E-state index in [1.165, 1.54) is 11.3 Å². The first-order chi connectivity index (χ1) is 11.3. The summed E-state index contributed by atoms with van der Waals surface area (Å²) < 4.78 is 7.29. The Balaban J connectivity index is 0.000000615. The van der Waals surface area contributed by atoms with Crippen LogP contribution in [-0.2, 0) is 11.3 Å². The molecular weight excluding hydrogens is 332 g/mol. The zero-order valence-corrected chi connectivity index (χ0v) is 16.0. The van der Waals surface area contributed by atoms with Gasteiger partial charge in [-0.05, 0) is 0 Å². The fourth-order valence-corrected chi connectivity index (χ4v) is 2.97. The molecule has 1 fully saturated rings. The van der Waals surface area contributed by atoms with Gasteiger partial charge < -0.3 is 4.74 Å². The fourth-order valence-electron chi connectivity index (χ4n) is 2.05. The first kappa shape index (κ1) is 20.1. The molecule has 3 rings (SSSR count). The van der Waals surface area contributed by atoms with Crippen molar-refractivity contribution in [3.8, 4) is 10.6 Å². The van der Waals surface area contributed by atoms with Crippen molar-refractivity contribution >= 4 is 22.9 Å². The van der Waals surface area contributed by atoms with E-state index in [4.69, 9.17) is 16.3 Å². The maximum atomic E-state index is 5.83. The molecule has 0 aliphatic carbocycles. The minimum atomic E-state index is 0.543. The monoisotopic (exact) mass is 358 g/mol. The smallest absolute Gasteiger partial charge is 0.140 e. The van der Waals surface area contributed by atoms with Gasteiger partial charge in [-0.15, -0.1) is 11.3 Å². The maximum absolute atomic E-state index is 5.83. The second-order valence-electron chi connectivity index (χ2n) is 4.42. The number of aromatic nitrogens is 3. The highest BCUT2D eigenvalue weighted by molar-refractivity contribution is 7.13. The summed E-state index contributed by atoms with van der Waals surface area (Å²) in [4.78, 5) is 6.64. The molecule has 23 heavy (non-hydrogen) atoms. The largest absolute Gasteiger partial charge is 0.379 e. The lowest BCUT2D eigenvalue weighted by Crippen LogP contribution is -2.38. The number of halogens is 1. The van der Waals surface area contributed by atoms with Gasteiger partial charge in [-0.1, -0.05) is 39.3 Å². The van der Waals surface area contributed by atoms with Gasteiger partial charge in [0.05, 0.1) is 26.0 Å². The second-order valence-corrected chi connectivity index (χ2v) is 5.67. The average Bonchev–Trinajstić information content (AvgIpc) is 3.26. The molecule has 2 aromatic rings. The summed E-state index contributed by atoms with van der Waals surface area (Å²) in [5.41, 5.74) is 1.03. The Labute approximate surface area is 148 Å². The van der Waals surface area contributed by atoms with Gasteiger partial charge >= 0.3 is 0 Å². The van der Waals surface area contributed by atoms with Crippen LogP contribution in [0.4, 0.5) is 0 Å². The van der Waals surface area contributed by atoms with Gasteiger partial charge in [0.2, 0.25) is 0 Å². The maximum Gasteiger partial charge on any atom is 0.140 e. The van der Waals surface area contributed by atoms with Crippen LogP contribution < -0.4 is 0 Å². The van der Waals surface area contributed by atoms with Crippen LogP contribution in [0.1, 0.15) is 27.7 Å². The van der Waals surface area contributed by atoms with Crippen molar-refractivity contribution in [2.75, 3.05) is 32.8 Å². The standard InChI is InChI=1S/C12H15ClN4OS.2C2H6/c13-11-9-19-12(15-11)10-7-14-17(8-10)2-1-16-3-5-18-6-4-16;2*1-2/h7-9H,1-6H2;2*1-2H3. The highest BCUT2D eigenvalue weighted by Gasteiger charge is 2.11. The molecule has 0 saturated carbocycles. The van der Waals surface area contributed by atoms with Crippen LogP contribution in [-0.4, -0.2) is 52.5 Å². The van der Waals surface area contributed by atoms with Gasteiger partial charge in [-0.25, -0.2) is 4.98 Å². The van der Waals surface area contributed by atoms with Gasteiger partial charge in [-0.2, -0.15) is 5.10 Å². The average molecular weight is 359 g/mol. The molecule has 0 unspecified atom stereocenters. The van der Waals surface area contributed by atoms with Crippen molar-refractivity contribution in [3.05, 3.63) is 22.9 Å². The highest BCUT2D eigenvalue weighted by atomic mass is 35.5. The molecule has 1 aliphatic heterocycles. The number of morpholine rings is 1. The van der Waals surface area contributed by atoms with E-state index in [9.17, 15) is 0 Å². The summed E-state index contributed by atoms with van der Waals surface area (Å²) in [5, 5.41) is 7.67. The molecular formula is C16H27ClN4OS. The molecule has 0 bridgehead atoms. The molecule has 0 atom stereocenters. The molecule has 0 aromatic carbocycles. The van der Waals surface area contributed by atoms with Crippen molar-refractivity contribution in [2.45, 2.75) is 34.2 Å². The van der Waals surface area contributed by atoms with Crippen molar-refractivity contribution < 1.29 is 4.74 Å². The van der Waals surface area contributed by atoms with Crippen LogP contribution in [0.2, 0.25) is 5.15 Å². The van der Waals surface area contributed by atoms with Gasteiger partial charge in [0, 0.05) is 36.8 Å². The minimum Gasteiger partial charge on any atom is -0.379 e. The Morgan fingerprint density at radius 1 is 1.17 bits per heavy atom. The van der Waals surface area contributed by atoms with E-state index in [0.717, 1.165) is 50.0 Å². The Hall–Kier alpha value is -0.950. The first-order valence-electron chi connectivity index (χ1n) is 8.25. The molecule has 0 spiro atoms. The number of hydrogen-bond acceptors (Lipinski definition) is 5. The van der Waals surface area contributed by atoms with Crippen molar-refractivity contribution in [1.29, 1.82) is 0 Å². The van der Waals surface area contributed by atoms with Gasteiger partial charge in [0.1, 0.15) is 10.2 Å². The Bertz CT molecular complexity index is 538. The number of rotatable bonds is 4. The minimum absolute atomic E-state index is 0.543. The Morgan fingerprint density at radius 2 is 1.87 bits per heavy atom. The predicted octanol–water partition coefficient (Wildman–Crippen LogP) is 4.04. The van der Waals surface area contributed by atoms with E-state index in [1.54, 1.807) is 0 Å². The zero-order valence-electron chi connectivity index (χ0n) is 14.5. The normalized spacial score (nSPS) is 14.5. The van der Waals surface area contributed by atoms with Crippen LogP contribution in [0.5, 0.6) is 0 Å². The summed E-state index contributed by atoms with van der Waals surface area (Å²) in [6, 6.07) is 0. The topological polar surface area (TPSA) is 43.2 Å². The first-order valence-corrected chi connectivity index (χ1v) is 9.51. The fraction of sp³-hybridized carbons (Fsp3) is 0.625. The van der Waals surface area contributed by atoms with Gasteiger partial charge in [0.15, 0.2) is 0 Å². The van der Waals surface area contributed by atoms with Crippen molar-refractivity contribution in [2.24, 2.45) is 0 Å².